The number of aryl methyl sites for hydroxylation is 1. The maximum absolute atomic E-state index is 9.25. The van der Waals surface area contributed by atoms with Gasteiger partial charge in [-0.2, -0.15) is 10.5 Å². The molecule has 132 valence electrons. The van der Waals surface area contributed by atoms with Crippen LogP contribution in [0, 0.1) is 22.7 Å². The number of hydrogen-bond acceptors (Lipinski definition) is 4. The average Bonchev–Trinajstić information content (AvgIpc) is 2.90. The van der Waals surface area contributed by atoms with Crippen LogP contribution < -0.4 is 0 Å². The molecule has 0 bridgehead atoms. The molecule has 0 N–H and O–H groups in total. The molecule has 6 heteroatoms. The second kappa shape index (κ2) is 7.39. The maximum atomic E-state index is 9.25. The van der Waals surface area contributed by atoms with Crippen molar-refractivity contribution in [3.8, 4) is 12.1 Å². The molecule has 2 rings (SSSR count). The van der Waals surface area contributed by atoms with E-state index in [1.807, 2.05) is 41.0 Å². The number of hydrogen-bond donors (Lipinski definition) is 0. The van der Waals surface area contributed by atoms with Gasteiger partial charge < -0.3 is 8.99 Å². The van der Waals surface area contributed by atoms with E-state index in [1.165, 1.54) is 0 Å². The van der Waals surface area contributed by atoms with Crippen LogP contribution in [-0.4, -0.2) is 24.5 Å². The zero-order valence-corrected chi connectivity index (χ0v) is 16.7. The first-order chi connectivity index (χ1) is 11.7. The summed E-state index contributed by atoms with van der Waals surface area (Å²) in [6.07, 6.45) is 0.823. The summed E-state index contributed by atoms with van der Waals surface area (Å²) < 4.78 is 8.22. The Balaban J connectivity index is 2.17. The van der Waals surface area contributed by atoms with Gasteiger partial charge in [0.25, 0.3) is 0 Å². The van der Waals surface area contributed by atoms with Crippen LogP contribution in [0.3, 0.4) is 0 Å². The zero-order valence-electron chi connectivity index (χ0n) is 15.7. The first-order valence-electron chi connectivity index (χ1n) is 8.59. The van der Waals surface area contributed by atoms with Gasteiger partial charge in [-0.05, 0) is 36.7 Å². The Kier molecular flexibility index (Phi) is 5.67. The molecule has 0 atom stereocenters. The highest BCUT2D eigenvalue weighted by atomic mass is 28.4. The van der Waals surface area contributed by atoms with Gasteiger partial charge in [0, 0.05) is 13.2 Å². The lowest BCUT2D eigenvalue weighted by atomic mass is 10.2. The summed E-state index contributed by atoms with van der Waals surface area (Å²) >= 11 is 0. The molecule has 0 amide bonds. The van der Waals surface area contributed by atoms with Crippen molar-refractivity contribution < 1.29 is 4.43 Å². The van der Waals surface area contributed by atoms with Crippen LogP contribution in [0.4, 0.5) is 0 Å². The van der Waals surface area contributed by atoms with Gasteiger partial charge in [0.05, 0.1) is 23.2 Å². The molecule has 0 fully saturated rings. The smallest absolute Gasteiger partial charge is 0.191 e. The van der Waals surface area contributed by atoms with Gasteiger partial charge in [0.15, 0.2) is 14.2 Å². The van der Waals surface area contributed by atoms with Crippen LogP contribution >= 0.6 is 0 Å². The molecule has 1 aromatic carbocycles. The van der Waals surface area contributed by atoms with E-state index >= 15 is 0 Å². The van der Waals surface area contributed by atoms with Crippen LogP contribution in [-0.2, 0) is 11.0 Å². The first kappa shape index (κ1) is 19.2. The Morgan fingerprint density at radius 2 is 1.84 bits per heavy atom. The summed E-state index contributed by atoms with van der Waals surface area (Å²) in [4.78, 5) is 4.51. The number of benzene rings is 1. The second-order valence-corrected chi connectivity index (χ2v) is 12.6. The average molecular weight is 355 g/mol. The van der Waals surface area contributed by atoms with Gasteiger partial charge in [0.2, 0.25) is 0 Å². The van der Waals surface area contributed by atoms with E-state index in [1.54, 1.807) is 0 Å². The number of para-hydroxylation sites is 2. The van der Waals surface area contributed by atoms with Gasteiger partial charge in [-0.1, -0.05) is 32.9 Å². The quantitative estimate of drug-likeness (QED) is 0.562. The summed E-state index contributed by atoms with van der Waals surface area (Å²) in [5.41, 5.74) is 1.78. The van der Waals surface area contributed by atoms with Crippen LogP contribution in [0.2, 0.25) is 18.1 Å². The lowest BCUT2D eigenvalue weighted by Gasteiger charge is -2.36. The second-order valence-electron chi connectivity index (χ2n) is 7.76. The summed E-state index contributed by atoms with van der Waals surface area (Å²) in [5, 5.41) is 18.7. The van der Waals surface area contributed by atoms with Crippen molar-refractivity contribution in [3.05, 3.63) is 30.1 Å². The SMILES string of the molecule is CC(C)(C)[Si](C)(C)OCCCn1c(C(C#N)C#N)nc2ccccc21. The lowest BCUT2D eigenvalue weighted by Crippen LogP contribution is -2.41. The van der Waals surface area contributed by atoms with Gasteiger partial charge >= 0.3 is 0 Å². The van der Waals surface area contributed by atoms with Crippen LogP contribution in [0.1, 0.15) is 38.9 Å². The Hall–Kier alpha value is -2.15. The van der Waals surface area contributed by atoms with Crippen LogP contribution in [0.5, 0.6) is 0 Å². The molecule has 0 unspecified atom stereocenters. The fraction of sp³-hybridized carbons (Fsp3) is 0.526. The van der Waals surface area contributed by atoms with E-state index in [0.29, 0.717) is 19.0 Å². The standard InChI is InChI=1S/C19H26N4OSi/c1-19(2,3)25(4,5)24-12-8-11-23-17-10-7-6-9-16(17)22-18(23)15(13-20)14-21/h6-7,9-10,15H,8,11-12H2,1-5H3. The zero-order chi connectivity index (χ0) is 18.7. The van der Waals surface area contributed by atoms with E-state index in [2.05, 4.69) is 38.8 Å². The van der Waals surface area contributed by atoms with E-state index in [9.17, 15) is 10.5 Å². The number of nitrogens with zero attached hydrogens (tertiary/aromatic N) is 4. The van der Waals surface area contributed by atoms with Gasteiger partial charge in [-0.15, -0.1) is 0 Å². The minimum atomic E-state index is -1.76. The number of imidazole rings is 1. The van der Waals surface area contributed by atoms with Gasteiger partial charge in [-0.25, -0.2) is 4.98 Å². The van der Waals surface area contributed by atoms with Crippen molar-refractivity contribution in [2.24, 2.45) is 0 Å². The molecule has 5 nitrogen and oxygen atoms in total. The van der Waals surface area contributed by atoms with E-state index in [4.69, 9.17) is 4.43 Å². The molecule has 1 aromatic heterocycles. The van der Waals surface area contributed by atoms with E-state index in [-0.39, 0.29) is 5.04 Å². The predicted molar refractivity (Wildman–Crippen MR) is 101 cm³/mol. The maximum Gasteiger partial charge on any atom is 0.191 e. The van der Waals surface area contributed by atoms with E-state index in [0.717, 1.165) is 17.5 Å². The van der Waals surface area contributed by atoms with Crippen molar-refractivity contribution in [3.63, 3.8) is 0 Å². The van der Waals surface area contributed by atoms with Crippen molar-refractivity contribution in [2.75, 3.05) is 6.61 Å². The highest BCUT2D eigenvalue weighted by Crippen LogP contribution is 2.36. The highest BCUT2D eigenvalue weighted by Gasteiger charge is 2.36. The van der Waals surface area contributed by atoms with Crippen LogP contribution in [0.15, 0.2) is 24.3 Å². The van der Waals surface area contributed by atoms with Crippen LogP contribution in [0.25, 0.3) is 11.0 Å². The third kappa shape index (κ3) is 4.09. The number of nitriles is 2. The summed E-state index contributed by atoms with van der Waals surface area (Å²) in [5.74, 6) is -0.327. The predicted octanol–water partition coefficient (Wildman–Crippen LogP) is 4.58. The Morgan fingerprint density at radius 3 is 2.44 bits per heavy atom. The minimum absolute atomic E-state index is 0.187. The molecule has 0 aliphatic carbocycles. The Bertz CT molecular complexity index is 807. The fourth-order valence-electron chi connectivity index (χ4n) is 2.46. The summed E-state index contributed by atoms with van der Waals surface area (Å²) in [6, 6.07) is 11.8. The monoisotopic (exact) mass is 354 g/mol. The summed E-state index contributed by atoms with van der Waals surface area (Å²) in [7, 11) is -1.76. The molecule has 0 aliphatic heterocycles. The first-order valence-corrected chi connectivity index (χ1v) is 11.5. The van der Waals surface area contributed by atoms with Crippen molar-refractivity contribution in [1.29, 1.82) is 10.5 Å². The molecular weight excluding hydrogens is 328 g/mol. The third-order valence-corrected chi connectivity index (χ3v) is 9.53. The molecule has 0 spiro atoms. The normalized spacial score (nSPS) is 12.3. The molecule has 0 radical (unpaired) electrons. The van der Waals surface area contributed by atoms with Crippen molar-refractivity contribution in [2.45, 2.75) is 57.8 Å². The number of aromatic nitrogens is 2. The number of rotatable bonds is 6. The van der Waals surface area contributed by atoms with Gasteiger partial charge in [-0.3, -0.25) is 0 Å². The highest BCUT2D eigenvalue weighted by molar-refractivity contribution is 6.74. The lowest BCUT2D eigenvalue weighted by molar-refractivity contribution is 0.275. The third-order valence-electron chi connectivity index (χ3n) is 5.00. The molecular formula is C19H26N4OSi. The number of fused-ring (bicyclic) bond motifs is 1. The molecule has 2 aromatic rings. The fourth-order valence-corrected chi connectivity index (χ4v) is 3.55. The Labute approximate surface area is 151 Å². The molecule has 1 heterocycles. The van der Waals surface area contributed by atoms with Gasteiger partial charge in [0.1, 0.15) is 5.82 Å². The molecule has 0 saturated carbocycles. The molecule has 25 heavy (non-hydrogen) atoms. The minimum Gasteiger partial charge on any atom is -0.417 e. The van der Waals surface area contributed by atoms with E-state index < -0.39 is 14.2 Å². The Morgan fingerprint density at radius 1 is 1.20 bits per heavy atom. The molecule has 0 saturated heterocycles. The van der Waals surface area contributed by atoms with Crippen molar-refractivity contribution >= 4 is 19.4 Å². The molecule has 0 aliphatic rings. The van der Waals surface area contributed by atoms with Crippen molar-refractivity contribution in [1.82, 2.24) is 9.55 Å². The topological polar surface area (TPSA) is 74.6 Å². The summed E-state index contributed by atoms with van der Waals surface area (Å²) in [6.45, 7) is 12.5. The largest absolute Gasteiger partial charge is 0.417 e.